The van der Waals surface area contributed by atoms with Gasteiger partial charge in [-0.3, -0.25) is 0 Å². The van der Waals surface area contributed by atoms with Gasteiger partial charge in [0, 0.05) is 19.1 Å². The highest BCUT2D eigenvalue weighted by Crippen LogP contribution is 2.33. The molecule has 2 aliphatic rings. The first-order chi connectivity index (χ1) is 10.0. The first kappa shape index (κ1) is 17.2. The fraction of sp³-hybridized carbons (Fsp3) is 1.00. The molecule has 2 rings (SSSR count). The Morgan fingerprint density at radius 1 is 1.14 bits per heavy atom. The van der Waals surface area contributed by atoms with Crippen LogP contribution in [0.3, 0.4) is 0 Å². The number of rotatable bonds is 6. The molecule has 1 saturated heterocycles. The SMILES string of the molecule is CCC1CCC(O)(CNC2CCN(CC(C)C)CC2)CC1. The zero-order valence-electron chi connectivity index (χ0n) is 14.4. The Balaban J connectivity index is 1.65. The second-order valence-corrected chi connectivity index (χ2v) is 7.93. The summed E-state index contributed by atoms with van der Waals surface area (Å²) >= 11 is 0. The molecule has 3 heteroatoms. The zero-order chi connectivity index (χ0) is 15.3. The molecule has 1 saturated carbocycles. The van der Waals surface area contributed by atoms with E-state index in [0.29, 0.717) is 6.04 Å². The second kappa shape index (κ2) is 7.94. The fourth-order valence-corrected chi connectivity index (χ4v) is 3.97. The van der Waals surface area contributed by atoms with Crippen LogP contribution < -0.4 is 5.32 Å². The smallest absolute Gasteiger partial charge is 0.0771 e. The van der Waals surface area contributed by atoms with Crippen molar-refractivity contribution in [2.75, 3.05) is 26.2 Å². The lowest BCUT2D eigenvalue weighted by Gasteiger charge is -2.39. The van der Waals surface area contributed by atoms with Gasteiger partial charge in [0.05, 0.1) is 5.60 Å². The van der Waals surface area contributed by atoms with E-state index in [1.165, 1.54) is 51.7 Å². The molecule has 2 fully saturated rings. The minimum absolute atomic E-state index is 0.430. The maximum absolute atomic E-state index is 10.7. The maximum Gasteiger partial charge on any atom is 0.0771 e. The summed E-state index contributed by atoms with van der Waals surface area (Å²) in [6, 6.07) is 0.612. The first-order valence-electron chi connectivity index (χ1n) is 9.19. The predicted molar refractivity (Wildman–Crippen MR) is 89.5 cm³/mol. The third-order valence-electron chi connectivity index (χ3n) is 5.54. The zero-order valence-corrected chi connectivity index (χ0v) is 14.4. The van der Waals surface area contributed by atoms with Crippen molar-refractivity contribution in [3.63, 3.8) is 0 Å². The van der Waals surface area contributed by atoms with Crippen LogP contribution in [0.5, 0.6) is 0 Å². The van der Waals surface area contributed by atoms with Gasteiger partial charge in [-0.1, -0.05) is 27.2 Å². The quantitative estimate of drug-likeness (QED) is 0.791. The summed E-state index contributed by atoms with van der Waals surface area (Å²) in [5, 5.41) is 14.4. The van der Waals surface area contributed by atoms with E-state index in [2.05, 4.69) is 31.0 Å². The summed E-state index contributed by atoms with van der Waals surface area (Å²) in [6.45, 7) is 11.3. The van der Waals surface area contributed by atoms with Gasteiger partial charge in [0.2, 0.25) is 0 Å². The lowest BCUT2D eigenvalue weighted by Crippen LogP contribution is -2.50. The van der Waals surface area contributed by atoms with Gasteiger partial charge in [-0.25, -0.2) is 0 Å². The van der Waals surface area contributed by atoms with Gasteiger partial charge >= 0.3 is 0 Å². The molecule has 21 heavy (non-hydrogen) atoms. The summed E-state index contributed by atoms with van der Waals surface area (Å²) < 4.78 is 0. The van der Waals surface area contributed by atoms with Crippen LogP contribution in [-0.4, -0.2) is 47.8 Å². The average molecular weight is 296 g/mol. The Labute approximate surface area is 131 Å². The van der Waals surface area contributed by atoms with Crippen LogP contribution in [0.2, 0.25) is 0 Å². The molecule has 3 nitrogen and oxygen atoms in total. The maximum atomic E-state index is 10.7. The summed E-state index contributed by atoms with van der Waals surface area (Å²) in [7, 11) is 0. The molecule has 2 N–H and O–H groups in total. The number of piperidine rings is 1. The van der Waals surface area contributed by atoms with Crippen LogP contribution in [0.25, 0.3) is 0 Å². The van der Waals surface area contributed by atoms with E-state index in [4.69, 9.17) is 0 Å². The van der Waals surface area contributed by atoms with E-state index in [1.54, 1.807) is 0 Å². The lowest BCUT2D eigenvalue weighted by atomic mass is 9.77. The van der Waals surface area contributed by atoms with E-state index in [0.717, 1.165) is 31.2 Å². The predicted octanol–water partition coefficient (Wildman–Crippen LogP) is 3.03. The van der Waals surface area contributed by atoms with Crippen molar-refractivity contribution in [1.82, 2.24) is 10.2 Å². The highest BCUT2D eigenvalue weighted by molar-refractivity contribution is 4.89. The molecular formula is C18H36N2O. The number of nitrogens with zero attached hydrogens (tertiary/aromatic N) is 1. The van der Waals surface area contributed by atoms with Crippen molar-refractivity contribution in [3.8, 4) is 0 Å². The molecule has 0 radical (unpaired) electrons. The molecule has 0 aromatic rings. The van der Waals surface area contributed by atoms with Crippen molar-refractivity contribution < 1.29 is 5.11 Å². The highest BCUT2D eigenvalue weighted by atomic mass is 16.3. The molecule has 124 valence electrons. The lowest BCUT2D eigenvalue weighted by molar-refractivity contribution is -0.0123. The van der Waals surface area contributed by atoms with Crippen molar-refractivity contribution in [3.05, 3.63) is 0 Å². The van der Waals surface area contributed by atoms with E-state index < -0.39 is 5.60 Å². The molecule has 0 amide bonds. The second-order valence-electron chi connectivity index (χ2n) is 7.93. The molecule has 0 aromatic heterocycles. The van der Waals surface area contributed by atoms with E-state index in [1.807, 2.05) is 0 Å². The van der Waals surface area contributed by atoms with Crippen LogP contribution in [0.4, 0.5) is 0 Å². The summed E-state index contributed by atoms with van der Waals surface area (Å²) in [4.78, 5) is 2.59. The normalized spacial score (nSPS) is 32.7. The number of hydrogen-bond acceptors (Lipinski definition) is 3. The Morgan fingerprint density at radius 2 is 1.76 bits per heavy atom. The van der Waals surface area contributed by atoms with Gasteiger partial charge in [-0.2, -0.15) is 0 Å². The molecule has 1 aliphatic carbocycles. The minimum Gasteiger partial charge on any atom is -0.389 e. The van der Waals surface area contributed by atoms with Gasteiger partial charge in [-0.15, -0.1) is 0 Å². The number of nitrogens with one attached hydrogen (secondary N) is 1. The molecule has 0 unspecified atom stereocenters. The summed E-state index contributed by atoms with van der Waals surface area (Å²) in [6.07, 6.45) is 8.15. The van der Waals surface area contributed by atoms with Crippen molar-refractivity contribution in [1.29, 1.82) is 0 Å². The summed E-state index contributed by atoms with van der Waals surface area (Å²) in [5.74, 6) is 1.62. The van der Waals surface area contributed by atoms with Gasteiger partial charge in [0.25, 0.3) is 0 Å². The third kappa shape index (κ3) is 5.54. The largest absolute Gasteiger partial charge is 0.389 e. The average Bonchev–Trinajstić information content (AvgIpc) is 2.47. The molecule has 1 heterocycles. The standard InChI is InChI=1S/C18H36N2O/c1-4-16-5-9-18(21,10-6-16)14-19-17-7-11-20(12-8-17)13-15(2)3/h15-17,19,21H,4-14H2,1-3H3. The molecule has 0 aromatic carbocycles. The fourth-order valence-electron chi connectivity index (χ4n) is 3.97. The topological polar surface area (TPSA) is 35.5 Å². The first-order valence-corrected chi connectivity index (χ1v) is 9.19. The molecular weight excluding hydrogens is 260 g/mol. The molecule has 0 atom stereocenters. The van der Waals surface area contributed by atoms with Crippen LogP contribution in [-0.2, 0) is 0 Å². The summed E-state index contributed by atoms with van der Waals surface area (Å²) in [5.41, 5.74) is -0.430. The van der Waals surface area contributed by atoms with Crippen LogP contribution >= 0.6 is 0 Å². The van der Waals surface area contributed by atoms with Gasteiger partial charge in [0.1, 0.15) is 0 Å². The van der Waals surface area contributed by atoms with Crippen LogP contribution in [0.15, 0.2) is 0 Å². The number of hydrogen-bond donors (Lipinski definition) is 2. The van der Waals surface area contributed by atoms with Crippen LogP contribution in [0, 0.1) is 11.8 Å². The van der Waals surface area contributed by atoms with E-state index in [-0.39, 0.29) is 0 Å². The van der Waals surface area contributed by atoms with Gasteiger partial charge in [-0.05, 0) is 63.5 Å². The van der Waals surface area contributed by atoms with Gasteiger partial charge < -0.3 is 15.3 Å². The van der Waals surface area contributed by atoms with Crippen molar-refractivity contribution >= 4 is 0 Å². The third-order valence-corrected chi connectivity index (χ3v) is 5.54. The number of aliphatic hydroxyl groups is 1. The van der Waals surface area contributed by atoms with E-state index >= 15 is 0 Å². The highest BCUT2D eigenvalue weighted by Gasteiger charge is 2.33. The Bertz CT molecular complexity index is 290. The molecule has 0 spiro atoms. The Morgan fingerprint density at radius 3 is 2.29 bits per heavy atom. The molecule has 0 bridgehead atoms. The minimum atomic E-state index is -0.430. The van der Waals surface area contributed by atoms with Crippen molar-refractivity contribution in [2.45, 2.75) is 77.4 Å². The Kier molecular flexibility index (Phi) is 6.51. The van der Waals surface area contributed by atoms with E-state index in [9.17, 15) is 5.11 Å². The molecule has 1 aliphatic heterocycles. The van der Waals surface area contributed by atoms with Crippen molar-refractivity contribution in [2.24, 2.45) is 11.8 Å². The van der Waals surface area contributed by atoms with Crippen LogP contribution in [0.1, 0.15) is 65.7 Å². The van der Waals surface area contributed by atoms with Gasteiger partial charge in [0.15, 0.2) is 0 Å². The Hall–Kier alpha value is -0.120. The number of likely N-dealkylation sites (tertiary alicyclic amines) is 1. The monoisotopic (exact) mass is 296 g/mol.